The molecule has 2 aromatic rings. The Morgan fingerprint density at radius 2 is 1.85 bits per heavy atom. The molecule has 27 heavy (non-hydrogen) atoms. The molecule has 0 bridgehead atoms. The second-order valence-corrected chi connectivity index (χ2v) is 9.11. The molecule has 0 aliphatic carbocycles. The van der Waals surface area contributed by atoms with Crippen LogP contribution < -0.4 is 4.74 Å². The van der Waals surface area contributed by atoms with Gasteiger partial charge in [0.05, 0.1) is 11.6 Å². The summed E-state index contributed by atoms with van der Waals surface area (Å²) in [6.45, 7) is 3.53. The van der Waals surface area contributed by atoms with Gasteiger partial charge in [-0.2, -0.15) is 4.31 Å². The number of ether oxygens (including phenoxy) is 1. The molecule has 0 radical (unpaired) electrons. The lowest BCUT2D eigenvalue weighted by Gasteiger charge is -2.34. The molecule has 8 heteroatoms. The molecular weight excluding hydrogens is 391 g/mol. The average molecular weight is 411 g/mol. The highest BCUT2D eigenvalue weighted by Crippen LogP contribution is 2.28. The van der Waals surface area contributed by atoms with Crippen LogP contribution in [0.15, 0.2) is 41.3 Å². The Morgan fingerprint density at radius 1 is 1.07 bits per heavy atom. The SMILES string of the molecule is O=S(=O)(c1ccc(F)cc1Cl)N1CCN(Cc2ccc3c(c2)CCO3)CC1. The Morgan fingerprint density at radius 3 is 2.59 bits per heavy atom. The van der Waals surface area contributed by atoms with Crippen molar-refractivity contribution in [3.63, 3.8) is 0 Å². The van der Waals surface area contributed by atoms with Gasteiger partial charge in [-0.15, -0.1) is 0 Å². The van der Waals surface area contributed by atoms with Crippen LogP contribution in [-0.2, 0) is 23.0 Å². The highest BCUT2D eigenvalue weighted by atomic mass is 35.5. The van der Waals surface area contributed by atoms with E-state index in [0.29, 0.717) is 26.2 Å². The quantitative estimate of drug-likeness (QED) is 0.777. The van der Waals surface area contributed by atoms with Crippen molar-refractivity contribution in [2.75, 3.05) is 32.8 Å². The van der Waals surface area contributed by atoms with Gasteiger partial charge in [-0.05, 0) is 35.4 Å². The summed E-state index contributed by atoms with van der Waals surface area (Å²) in [6.07, 6.45) is 0.938. The van der Waals surface area contributed by atoms with Gasteiger partial charge in [0.1, 0.15) is 16.5 Å². The third-order valence-electron chi connectivity index (χ3n) is 5.00. The largest absolute Gasteiger partial charge is 0.493 e. The second kappa shape index (κ2) is 7.39. The smallest absolute Gasteiger partial charge is 0.244 e. The molecule has 0 N–H and O–H groups in total. The van der Waals surface area contributed by atoms with E-state index in [0.717, 1.165) is 37.5 Å². The van der Waals surface area contributed by atoms with Gasteiger partial charge in [-0.25, -0.2) is 12.8 Å². The van der Waals surface area contributed by atoms with Crippen molar-refractivity contribution in [3.05, 3.63) is 58.4 Å². The minimum Gasteiger partial charge on any atom is -0.493 e. The number of hydrogen-bond acceptors (Lipinski definition) is 4. The Balaban J connectivity index is 1.41. The number of sulfonamides is 1. The van der Waals surface area contributed by atoms with Gasteiger partial charge in [0.15, 0.2) is 0 Å². The number of piperazine rings is 1. The first-order valence-corrected chi connectivity index (χ1v) is 10.7. The van der Waals surface area contributed by atoms with Crippen molar-refractivity contribution >= 4 is 21.6 Å². The van der Waals surface area contributed by atoms with E-state index in [2.05, 4.69) is 17.0 Å². The van der Waals surface area contributed by atoms with Crippen molar-refractivity contribution < 1.29 is 17.5 Å². The normalized spacial score (nSPS) is 18.3. The van der Waals surface area contributed by atoms with Crippen molar-refractivity contribution in [2.45, 2.75) is 17.9 Å². The molecule has 5 nitrogen and oxygen atoms in total. The maximum atomic E-state index is 13.2. The maximum Gasteiger partial charge on any atom is 0.244 e. The van der Waals surface area contributed by atoms with Crippen LogP contribution in [-0.4, -0.2) is 50.4 Å². The predicted molar refractivity (Wildman–Crippen MR) is 101 cm³/mol. The van der Waals surface area contributed by atoms with Crippen LogP contribution in [0.3, 0.4) is 0 Å². The molecule has 0 spiro atoms. The Labute approximate surface area is 163 Å². The molecule has 0 amide bonds. The number of rotatable bonds is 4. The molecule has 144 valence electrons. The summed E-state index contributed by atoms with van der Waals surface area (Å²) in [5.41, 5.74) is 2.44. The van der Waals surface area contributed by atoms with E-state index in [1.54, 1.807) is 0 Å². The fourth-order valence-electron chi connectivity index (χ4n) is 3.55. The van der Waals surface area contributed by atoms with Crippen LogP contribution in [0.4, 0.5) is 4.39 Å². The molecule has 2 heterocycles. The van der Waals surface area contributed by atoms with Crippen molar-refractivity contribution in [1.29, 1.82) is 0 Å². The Kier molecular flexibility index (Phi) is 5.11. The lowest BCUT2D eigenvalue weighted by Crippen LogP contribution is -2.48. The van der Waals surface area contributed by atoms with Gasteiger partial charge in [0.25, 0.3) is 0 Å². The standard InChI is InChI=1S/C19H20ClFN2O3S/c20-17-12-16(21)2-4-19(17)27(24,25)23-8-6-22(7-9-23)13-14-1-3-18-15(11-14)5-10-26-18/h1-4,11-12H,5-10,13H2. The molecule has 2 aliphatic heterocycles. The molecule has 2 aliphatic rings. The molecule has 0 unspecified atom stereocenters. The molecule has 1 fully saturated rings. The van der Waals surface area contributed by atoms with E-state index in [-0.39, 0.29) is 9.92 Å². The number of fused-ring (bicyclic) bond motifs is 1. The van der Waals surface area contributed by atoms with Gasteiger partial charge in [0.2, 0.25) is 10.0 Å². The lowest BCUT2D eigenvalue weighted by atomic mass is 10.1. The summed E-state index contributed by atoms with van der Waals surface area (Å²) in [5, 5.41) is -0.0854. The van der Waals surface area contributed by atoms with Gasteiger partial charge >= 0.3 is 0 Å². The molecule has 1 saturated heterocycles. The summed E-state index contributed by atoms with van der Waals surface area (Å²) in [7, 11) is -3.72. The van der Waals surface area contributed by atoms with Crippen LogP contribution in [0.5, 0.6) is 5.75 Å². The molecule has 0 atom stereocenters. The van der Waals surface area contributed by atoms with Crippen LogP contribution in [0, 0.1) is 5.82 Å². The summed E-state index contributed by atoms with van der Waals surface area (Å²) in [6, 6.07) is 9.62. The van der Waals surface area contributed by atoms with Gasteiger partial charge in [-0.3, -0.25) is 4.90 Å². The fourth-order valence-corrected chi connectivity index (χ4v) is 5.48. The van der Waals surface area contributed by atoms with Crippen molar-refractivity contribution in [3.8, 4) is 5.75 Å². The van der Waals surface area contributed by atoms with E-state index in [1.165, 1.54) is 21.5 Å². The number of halogens is 2. The topological polar surface area (TPSA) is 49.9 Å². The van der Waals surface area contributed by atoms with Crippen molar-refractivity contribution in [2.24, 2.45) is 0 Å². The molecular formula is C19H20ClFN2O3S. The Bertz CT molecular complexity index is 959. The van der Waals surface area contributed by atoms with Gasteiger partial charge in [0, 0.05) is 39.1 Å². The summed E-state index contributed by atoms with van der Waals surface area (Å²) in [4.78, 5) is 2.19. The average Bonchev–Trinajstić information content (AvgIpc) is 3.09. The number of hydrogen-bond donors (Lipinski definition) is 0. The van der Waals surface area contributed by atoms with E-state index >= 15 is 0 Å². The summed E-state index contributed by atoms with van der Waals surface area (Å²) >= 11 is 5.95. The number of benzene rings is 2. The third-order valence-corrected chi connectivity index (χ3v) is 7.38. The second-order valence-electron chi connectivity index (χ2n) is 6.80. The van der Waals surface area contributed by atoms with Crippen LogP contribution in [0.1, 0.15) is 11.1 Å². The molecule has 4 rings (SSSR count). The maximum absolute atomic E-state index is 13.2. The van der Waals surface area contributed by atoms with Crippen LogP contribution in [0.2, 0.25) is 5.02 Å². The molecule has 0 saturated carbocycles. The third kappa shape index (κ3) is 3.82. The first-order chi connectivity index (χ1) is 12.9. The zero-order valence-electron chi connectivity index (χ0n) is 14.7. The van der Waals surface area contributed by atoms with E-state index in [4.69, 9.17) is 16.3 Å². The van der Waals surface area contributed by atoms with E-state index in [9.17, 15) is 12.8 Å². The van der Waals surface area contributed by atoms with Gasteiger partial charge in [-0.1, -0.05) is 23.7 Å². The zero-order chi connectivity index (χ0) is 19.0. The van der Waals surface area contributed by atoms with Crippen LogP contribution in [0.25, 0.3) is 0 Å². The first kappa shape index (κ1) is 18.7. The zero-order valence-corrected chi connectivity index (χ0v) is 16.3. The summed E-state index contributed by atoms with van der Waals surface area (Å²) < 4.78 is 45.8. The minimum atomic E-state index is -3.72. The first-order valence-electron chi connectivity index (χ1n) is 8.86. The van der Waals surface area contributed by atoms with Crippen LogP contribution >= 0.6 is 11.6 Å². The monoisotopic (exact) mass is 410 g/mol. The summed E-state index contributed by atoms with van der Waals surface area (Å²) in [5.74, 6) is 0.411. The lowest BCUT2D eigenvalue weighted by molar-refractivity contribution is 0.181. The van der Waals surface area contributed by atoms with Gasteiger partial charge < -0.3 is 4.74 Å². The van der Waals surface area contributed by atoms with Crippen molar-refractivity contribution in [1.82, 2.24) is 9.21 Å². The molecule has 0 aromatic heterocycles. The highest BCUT2D eigenvalue weighted by Gasteiger charge is 2.30. The minimum absolute atomic E-state index is 0.0439. The van der Waals surface area contributed by atoms with E-state index in [1.807, 2.05) is 6.07 Å². The predicted octanol–water partition coefficient (Wildman–Crippen LogP) is 2.92. The Hall–Kier alpha value is -1.67. The number of nitrogens with zero attached hydrogens (tertiary/aromatic N) is 2. The fraction of sp³-hybridized carbons (Fsp3) is 0.368. The molecule has 2 aromatic carbocycles. The highest BCUT2D eigenvalue weighted by molar-refractivity contribution is 7.89. The van der Waals surface area contributed by atoms with E-state index < -0.39 is 15.8 Å².